The van der Waals surface area contributed by atoms with Crippen molar-refractivity contribution in [3.8, 4) is 11.4 Å². The quantitative estimate of drug-likeness (QED) is 0.383. The molecule has 0 fully saturated rings. The number of hydrogen-bond acceptors (Lipinski definition) is 3. The summed E-state index contributed by atoms with van der Waals surface area (Å²) in [5.74, 6) is -0.239. The molecule has 0 spiro atoms. The molecule has 4 rings (SSSR count). The monoisotopic (exact) mass is 411 g/mol. The van der Waals surface area contributed by atoms with Crippen LogP contribution >= 0.6 is 0 Å². The first-order valence-electron chi connectivity index (χ1n) is 10.2. The van der Waals surface area contributed by atoms with Crippen LogP contribution in [0.5, 0.6) is 0 Å². The molecule has 0 bridgehead atoms. The number of amides is 1. The van der Waals surface area contributed by atoms with Crippen molar-refractivity contribution in [1.82, 2.24) is 19.8 Å². The molecule has 2 aromatic heterocycles. The number of hydrazone groups is 1. The zero-order valence-electron chi connectivity index (χ0n) is 18.1. The molecule has 6 heteroatoms. The van der Waals surface area contributed by atoms with Crippen LogP contribution in [0.2, 0.25) is 0 Å². The number of para-hydroxylation sites is 2. The normalized spacial score (nSPS) is 11.2. The second-order valence-corrected chi connectivity index (χ2v) is 7.49. The van der Waals surface area contributed by atoms with Crippen molar-refractivity contribution in [2.75, 3.05) is 0 Å². The van der Waals surface area contributed by atoms with Crippen molar-refractivity contribution < 1.29 is 4.79 Å². The molecule has 0 aliphatic carbocycles. The van der Waals surface area contributed by atoms with E-state index in [1.807, 2.05) is 99.1 Å². The highest BCUT2D eigenvalue weighted by Gasteiger charge is 2.16. The Labute approximate surface area is 181 Å². The van der Waals surface area contributed by atoms with Crippen molar-refractivity contribution in [3.05, 3.63) is 101 Å². The van der Waals surface area contributed by atoms with Gasteiger partial charge in [0.2, 0.25) is 0 Å². The number of benzene rings is 2. The van der Waals surface area contributed by atoms with Gasteiger partial charge < -0.3 is 4.57 Å². The Kier molecular flexibility index (Phi) is 5.54. The Morgan fingerprint density at radius 3 is 2.16 bits per heavy atom. The minimum atomic E-state index is -0.239. The molecule has 0 saturated heterocycles. The van der Waals surface area contributed by atoms with Crippen molar-refractivity contribution in [3.63, 3.8) is 0 Å². The molecular weight excluding hydrogens is 386 g/mol. The number of carbonyl (C=O) groups is 1. The van der Waals surface area contributed by atoms with Crippen LogP contribution in [0.25, 0.3) is 11.4 Å². The second-order valence-electron chi connectivity index (χ2n) is 7.49. The molecule has 31 heavy (non-hydrogen) atoms. The van der Waals surface area contributed by atoms with Crippen LogP contribution in [0.4, 0.5) is 0 Å². The zero-order valence-corrected chi connectivity index (χ0v) is 18.1. The summed E-state index contributed by atoms with van der Waals surface area (Å²) in [6.07, 6.45) is 1.66. The summed E-state index contributed by atoms with van der Waals surface area (Å²) in [6.45, 7) is 7.86. The summed E-state index contributed by atoms with van der Waals surface area (Å²) in [4.78, 5) is 12.8. The fourth-order valence-electron chi connectivity index (χ4n) is 3.84. The third-order valence-electron chi connectivity index (χ3n) is 5.40. The number of hydrogen-bond donors (Lipinski definition) is 1. The number of nitrogens with zero attached hydrogens (tertiary/aromatic N) is 4. The Morgan fingerprint density at radius 2 is 1.52 bits per heavy atom. The molecule has 156 valence electrons. The molecule has 2 heterocycles. The van der Waals surface area contributed by atoms with E-state index in [1.54, 1.807) is 6.21 Å². The molecule has 0 saturated carbocycles. The maximum atomic E-state index is 12.8. The minimum absolute atomic E-state index is 0.239. The molecule has 0 unspecified atom stereocenters. The highest BCUT2D eigenvalue weighted by Crippen LogP contribution is 2.21. The van der Waals surface area contributed by atoms with Gasteiger partial charge in [0.05, 0.1) is 28.9 Å². The Morgan fingerprint density at radius 1 is 0.903 bits per heavy atom. The maximum absolute atomic E-state index is 12.8. The smallest absolute Gasteiger partial charge is 0.273 e. The Balaban J connectivity index is 1.55. The fraction of sp³-hybridized carbons (Fsp3) is 0.160. The minimum Gasteiger partial charge on any atom is -0.318 e. The van der Waals surface area contributed by atoms with Crippen LogP contribution in [-0.2, 0) is 0 Å². The second kappa shape index (κ2) is 8.44. The first-order valence-corrected chi connectivity index (χ1v) is 10.2. The number of aromatic nitrogens is 3. The predicted molar refractivity (Wildman–Crippen MR) is 123 cm³/mol. The predicted octanol–water partition coefficient (Wildman–Crippen LogP) is 4.66. The number of aryl methyl sites for hydroxylation is 2. The van der Waals surface area contributed by atoms with Gasteiger partial charge in [-0.05, 0) is 58.0 Å². The maximum Gasteiger partial charge on any atom is 0.273 e. The Bertz CT molecular complexity index is 1250. The first-order chi connectivity index (χ1) is 15.0. The first kappa shape index (κ1) is 20.3. The lowest BCUT2D eigenvalue weighted by Gasteiger charge is -2.09. The van der Waals surface area contributed by atoms with Crippen molar-refractivity contribution in [1.29, 1.82) is 0 Å². The molecule has 0 radical (unpaired) electrons. The fourth-order valence-corrected chi connectivity index (χ4v) is 3.84. The summed E-state index contributed by atoms with van der Waals surface area (Å²) in [7, 11) is 0. The zero-order chi connectivity index (χ0) is 22.0. The third-order valence-corrected chi connectivity index (χ3v) is 5.40. The van der Waals surface area contributed by atoms with E-state index in [4.69, 9.17) is 0 Å². The van der Waals surface area contributed by atoms with Gasteiger partial charge in [0, 0.05) is 22.6 Å². The van der Waals surface area contributed by atoms with Crippen molar-refractivity contribution in [2.24, 2.45) is 5.10 Å². The van der Waals surface area contributed by atoms with Gasteiger partial charge >= 0.3 is 0 Å². The van der Waals surface area contributed by atoms with Gasteiger partial charge in [0.15, 0.2) is 0 Å². The topological polar surface area (TPSA) is 64.2 Å². The van der Waals surface area contributed by atoms with Gasteiger partial charge in [-0.15, -0.1) is 0 Å². The van der Waals surface area contributed by atoms with E-state index in [1.165, 1.54) is 0 Å². The van der Waals surface area contributed by atoms with Crippen molar-refractivity contribution >= 4 is 12.1 Å². The lowest BCUT2D eigenvalue weighted by Crippen LogP contribution is -2.18. The summed E-state index contributed by atoms with van der Waals surface area (Å²) >= 11 is 0. The lowest BCUT2D eigenvalue weighted by molar-refractivity contribution is 0.0954. The van der Waals surface area contributed by atoms with E-state index in [0.717, 1.165) is 39.7 Å². The molecule has 0 atom stereocenters. The summed E-state index contributed by atoms with van der Waals surface area (Å²) < 4.78 is 3.95. The highest BCUT2D eigenvalue weighted by atomic mass is 16.2. The van der Waals surface area contributed by atoms with E-state index < -0.39 is 0 Å². The van der Waals surface area contributed by atoms with Gasteiger partial charge in [-0.2, -0.15) is 10.2 Å². The van der Waals surface area contributed by atoms with Gasteiger partial charge in [-0.25, -0.2) is 10.1 Å². The van der Waals surface area contributed by atoms with Crippen LogP contribution in [-0.4, -0.2) is 26.5 Å². The number of rotatable bonds is 5. The lowest BCUT2D eigenvalue weighted by atomic mass is 10.2. The SMILES string of the molecule is Cc1nn(-c2ccccc2)c(C)c1C=NNC(=O)c1cc(C)n(-c2ccccc2)c1C. The molecule has 1 N–H and O–H groups in total. The molecule has 1 amide bonds. The van der Waals surface area contributed by atoms with Crippen molar-refractivity contribution in [2.45, 2.75) is 27.7 Å². The molecule has 0 aliphatic rings. The van der Waals surface area contributed by atoms with E-state index in [-0.39, 0.29) is 5.91 Å². The number of nitrogens with one attached hydrogen (secondary N) is 1. The van der Waals surface area contributed by atoms with Crippen LogP contribution < -0.4 is 5.43 Å². The summed E-state index contributed by atoms with van der Waals surface area (Å²) in [5, 5.41) is 8.82. The number of carbonyl (C=O) groups excluding carboxylic acids is 1. The largest absolute Gasteiger partial charge is 0.318 e. The van der Waals surface area contributed by atoms with Gasteiger partial charge in [-0.1, -0.05) is 36.4 Å². The molecule has 2 aromatic carbocycles. The highest BCUT2D eigenvalue weighted by molar-refractivity contribution is 5.96. The van der Waals surface area contributed by atoms with Crippen LogP contribution in [0.15, 0.2) is 71.8 Å². The van der Waals surface area contributed by atoms with Gasteiger partial charge in [0.25, 0.3) is 5.91 Å². The van der Waals surface area contributed by atoms with Crippen LogP contribution in [0.1, 0.15) is 38.7 Å². The van der Waals surface area contributed by atoms with Crippen LogP contribution in [0, 0.1) is 27.7 Å². The van der Waals surface area contributed by atoms with E-state index in [9.17, 15) is 4.79 Å². The Hall–Kier alpha value is -3.93. The van der Waals surface area contributed by atoms with Crippen LogP contribution in [0.3, 0.4) is 0 Å². The summed E-state index contributed by atoms with van der Waals surface area (Å²) in [5.41, 5.74) is 9.85. The molecule has 6 nitrogen and oxygen atoms in total. The van der Waals surface area contributed by atoms with Gasteiger partial charge in [-0.3, -0.25) is 4.79 Å². The average Bonchev–Trinajstić information content (AvgIpc) is 3.24. The third kappa shape index (κ3) is 3.92. The molecule has 0 aliphatic heterocycles. The standard InChI is InChI=1S/C25H25N5O/c1-17-15-23(19(3)29(17)21-11-7-5-8-12-21)25(31)27-26-16-24-18(2)28-30(20(24)4)22-13-9-6-10-14-22/h5-16H,1-4H3,(H,27,31). The molecule has 4 aromatic rings. The van der Waals surface area contributed by atoms with E-state index in [2.05, 4.69) is 20.2 Å². The summed E-state index contributed by atoms with van der Waals surface area (Å²) in [6, 6.07) is 21.8. The average molecular weight is 412 g/mol. The molecular formula is C25H25N5O. The van der Waals surface area contributed by atoms with E-state index >= 15 is 0 Å². The van der Waals surface area contributed by atoms with E-state index in [0.29, 0.717) is 5.56 Å². The van der Waals surface area contributed by atoms with Gasteiger partial charge in [0.1, 0.15) is 0 Å².